The van der Waals surface area contributed by atoms with E-state index >= 15 is 0 Å². The van der Waals surface area contributed by atoms with Crippen LogP contribution in [0.25, 0.3) is 0 Å². The topological polar surface area (TPSA) is 95.6 Å². The Labute approximate surface area is 145 Å². The molecule has 0 bridgehead atoms. The number of nitrogens with zero attached hydrogens (tertiary/aromatic N) is 1. The first kappa shape index (κ1) is 17.1. The molecule has 1 aliphatic heterocycles. The third kappa shape index (κ3) is 3.87. The Kier molecular flexibility index (Phi) is 5.11. The van der Waals surface area contributed by atoms with Crippen LogP contribution in [0.5, 0.6) is 0 Å². The summed E-state index contributed by atoms with van der Waals surface area (Å²) < 4.78 is 0. The second-order valence-electron chi connectivity index (χ2n) is 6.48. The molecule has 25 heavy (non-hydrogen) atoms. The zero-order valence-electron chi connectivity index (χ0n) is 13.9. The maximum Gasteiger partial charge on any atom is 0.321 e. The number of fused-ring (bicyclic) bond motifs is 1. The molecule has 1 saturated heterocycles. The molecule has 0 spiro atoms. The van der Waals surface area contributed by atoms with Gasteiger partial charge in [0.15, 0.2) is 0 Å². The van der Waals surface area contributed by atoms with Gasteiger partial charge < -0.3 is 5.32 Å². The van der Waals surface area contributed by atoms with E-state index in [9.17, 15) is 19.2 Å². The van der Waals surface area contributed by atoms with E-state index < -0.39 is 18.5 Å². The number of amides is 5. The summed E-state index contributed by atoms with van der Waals surface area (Å²) in [6.07, 6.45) is 3.26. The van der Waals surface area contributed by atoms with Crippen LogP contribution in [0.1, 0.15) is 31.2 Å². The Morgan fingerprint density at radius 3 is 2.20 bits per heavy atom. The number of hydrogen-bond donors (Lipinski definition) is 2. The molecule has 1 saturated carbocycles. The quantitative estimate of drug-likeness (QED) is 0.803. The Morgan fingerprint density at radius 1 is 1.00 bits per heavy atom. The van der Waals surface area contributed by atoms with Crippen LogP contribution in [0.3, 0.4) is 0 Å². The zero-order valence-corrected chi connectivity index (χ0v) is 13.9. The summed E-state index contributed by atoms with van der Waals surface area (Å²) in [5.74, 6) is -1.81. The van der Waals surface area contributed by atoms with Crippen LogP contribution in [0.15, 0.2) is 30.3 Å². The molecule has 3 rings (SSSR count). The number of imide groups is 2. The van der Waals surface area contributed by atoms with E-state index in [0.29, 0.717) is 12.8 Å². The number of carbonyl (C=O) groups is 4. The molecule has 1 aliphatic carbocycles. The molecular formula is C18H21N3O4. The number of rotatable bonds is 4. The van der Waals surface area contributed by atoms with Crippen LogP contribution >= 0.6 is 0 Å². The zero-order chi connectivity index (χ0) is 17.8. The fraction of sp³-hybridized carbons (Fsp3) is 0.444. The van der Waals surface area contributed by atoms with E-state index in [1.165, 1.54) is 0 Å². The summed E-state index contributed by atoms with van der Waals surface area (Å²) in [5.41, 5.74) is 0.902. The number of urea groups is 1. The van der Waals surface area contributed by atoms with Crippen LogP contribution in [-0.2, 0) is 20.9 Å². The monoisotopic (exact) mass is 343 g/mol. The van der Waals surface area contributed by atoms with Crippen LogP contribution in [0, 0.1) is 11.8 Å². The van der Waals surface area contributed by atoms with Gasteiger partial charge in [0.2, 0.25) is 17.7 Å². The summed E-state index contributed by atoms with van der Waals surface area (Å²) in [7, 11) is 0. The lowest BCUT2D eigenvalue weighted by Gasteiger charge is -2.19. The van der Waals surface area contributed by atoms with Crippen molar-refractivity contribution >= 4 is 23.8 Å². The SMILES string of the molecule is O=C(CN1C(=O)[C@@H]2CCCC[C@H]2C1=O)NC(=O)NCc1ccccc1. The molecule has 0 unspecified atom stereocenters. The minimum atomic E-state index is -0.661. The van der Waals surface area contributed by atoms with Gasteiger partial charge in [-0.15, -0.1) is 0 Å². The van der Waals surface area contributed by atoms with Gasteiger partial charge in [-0.1, -0.05) is 43.2 Å². The van der Waals surface area contributed by atoms with E-state index in [0.717, 1.165) is 23.3 Å². The van der Waals surface area contributed by atoms with Gasteiger partial charge >= 0.3 is 6.03 Å². The molecule has 2 fully saturated rings. The number of hydrogen-bond acceptors (Lipinski definition) is 4. The lowest BCUT2D eigenvalue weighted by atomic mass is 9.81. The lowest BCUT2D eigenvalue weighted by Crippen LogP contribution is -2.46. The first-order valence-electron chi connectivity index (χ1n) is 8.53. The summed E-state index contributed by atoms with van der Waals surface area (Å²) in [5, 5.41) is 4.73. The molecule has 1 heterocycles. The van der Waals surface area contributed by atoms with Crippen molar-refractivity contribution in [1.29, 1.82) is 0 Å². The van der Waals surface area contributed by atoms with Crippen molar-refractivity contribution in [3.8, 4) is 0 Å². The van der Waals surface area contributed by atoms with Crippen molar-refractivity contribution in [2.24, 2.45) is 11.8 Å². The smallest absolute Gasteiger partial charge is 0.321 e. The predicted octanol–water partition coefficient (Wildman–Crippen LogP) is 1.19. The number of benzene rings is 1. The van der Waals surface area contributed by atoms with E-state index in [2.05, 4.69) is 10.6 Å². The second kappa shape index (κ2) is 7.46. The molecule has 0 radical (unpaired) electrons. The first-order valence-corrected chi connectivity index (χ1v) is 8.53. The number of likely N-dealkylation sites (tertiary alicyclic amines) is 1. The van der Waals surface area contributed by atoms with Gasteiger partial charge in [-0.05, 0) is 18.4 Å². The lowest BCUT2D eigenvalue weighted by molar-refractivity contribution is -0.143. The maximum absolute atomic E-state index is 12.3. The molecular weight excluding hydrogens is 322 g/mol. The summed E-state index contributed by atoms with van der Waals surface area (Å²) >= 11 is 0. The van der Waals surface area contributed by atoms with Crippen LogP contribution < -0.4 is 10.6 Å². The van der Waals surface area contributed by atoms with Gasteiger partial charge in [-0.2, -0.15) is 0 Å². The summed E-state index contributed by atoms with van der Waals surface area (Å²) in [6, 6.07) is 8.63. The third-order valence-corrected chi connectivity index (χ3v) is 4.78. The van der Waals surface area contributed by atoms with Crippen molar-refractivity contribution < 1.29 is 19.2 Å². The molecule has 1 aromatic carbocycles. The highest BCUT2D eigenvalue weighted by atomic mass is 16.2. The van der Waals surface area contributed by atoms with Crippen molar-refractivity contribution in [3.63, 3.8) is 0 Å². The van der Waals surface area contributed by atoms with Gasteiger partial charge in [0, 0.05) is 6.54 Å². The van der Waals surface area contributed by atoms with Crippen LogP contribution in [0.4, 0.5) is 4.79 Å². The minimum absolute atomic E-state index is 0.283. The standard InChI is InChI=1S/C18H21N3O4/c22-15(20-18(25)19-10-12-6-2-1-3-7-12)11-21-16(23)13-8-4-5-9-14(13)17(21)24/h1-3,6-7,13-14H,4-5,8-11H2,(H2,19,20,22,25)/t13-,14-/m1/s1. The van der Waals surface area contributed by atoms with E-state index in [4.69, 9.17) is 0 Å². The Morgan fingerprint density at radius 2 is 1.60 bits per heavy atom. The van der Waals surface area contributed by atoms with E-state index in [-0.39, 0.29) is 30.2 Å². The highest BCUT2D eigenvalue weighted by molar-refractivity contribution is 6.08. The molecule has 2 atom stereocenters. The average Bonchev–Trinajstić information content (AvgIpc) is 2.86. The molecule has 7 heteroatoms. The van der Waals surface area contributed by atoms with Gasteiger partial charge in [0.05, 0.1) is 11.8 Å². The van der Waals surface area contributed by atoms with E-state index in [1.54, 1.807) is 0 Å². The first-order chi connectivity index (χ1) is 12.1. The average molecular weight is 343 g/mol. The molecule has 1 aromatic rings. The van der Waals surface area contributed by atoms with Crippen LogP contribution in [0.2, 0.25) is 0 Å². The fourth-order valence-corrected chi connectivity index (χ4v) is 3.52. The molecule has 2 N–H and O–H groups in total. The normalized spacial score (nSPS) is 22.5. The Balaban J connectivity index is 1.49. The highest BCUT2D eigenvalue weighted by Gasteiger charge is 2.48. The predicted molar refractivity (Wildman–Crippen MR) is 89.0 cm³/mol. The number of nitrogens with one attached hydrogen (secondary N) is 2. The fourth-order valence-electron chi connectivity index (χ4n) is 3.52. The van der Waals surface area contributed by atoms with E-state index in [1.807, 2.05) is 30.3 Å². The molecule has 5 amide bonds. The van der Waals surface area contributed by atoms with Crippen molar-refractivity contribution in [3.05, 3.63) is 35.9 Å². The van der Waals surface area contributed by atoms with Gasteiger partial charge in [0.25, 0.3) is 0 Å². The summed E-state index contributed by atoms with van der Waals surface area (Å²) in [6.45, 7) is -0.116. The van der Waals surface area contributed by atoms with Crippen molar-refractivity contribution in [2.45, 2.75) is 32.2 Å². The van der Waals surface area contributed by atoms with Crippen molar-refractivity contribution in [1.82, 2.24) is 15.5 Å². The van der Waals surface area contributed by atoms with Crippen molar-refractivity contribution in [2.75, 3.05) is 6.54 Å². The third-order valence-electron chi connectivity index (χ3n) is 4.78. The molecule has 0 aromatic heterocycles. The number of carbonyl (C=O) groups excluding carboxylic acids is 4. The van der Waals surface area contributed by atoms with Crippen LogP contribution in [-0.4, -0.2) is 35.2 Å². The maximum atomic E-state index is 12.3. The van der Waals surface area contributed by atoms with Gasteiger partial charge in [-0.3, -0.25) is 24.6 Å². The molecule has 2 aliphatic rings. The Hall–Kier alpha value is -2.70. The van der Waals surface area contributed by atoms with Gasteiger partial charge in [0.1, 0.15) is 6.54 Å². The minimum Gasteiger partial charge on any atom is -0.334 e. The molecule has 132 valence electrons. The van der Waals surface area contributed by atoms with Gasteiger partial charge in [-0.25, -0.2) is 4.79 Å². The second-order valence-corrected chi connectivity index (χ2v) is 6.48. The highest BCUT2D eigenvalue weighted by Crippen LogP contribution is 2.37. The summed E-state index contributed by atoms with van der Waals surface area (Å²) in [4.78, 5) is 49.4. The molecule has 7 nitrogen and oxygen atoms in total. The Bertz CT molecular complexity index is 665. The largest absolute Gasteiger partial charge is 0.334 e.